The predicted octanol–water partition coefficient (Wildman–Crippen LogP) is 2.68. The van der Waals surface area contributed by atoms with Gasteiger partial charge in [0.25, 0.3) is 0 Å². The molecule has 0 unspecified atom stereocenters. The Kier molecular flexibility index (Phi) is 5.04. The topological polar surface area (TPSA) is 99.8 Å². The molecule has 1 saturated heterocycles. The van der Waals surface area contributed by atoms with Crippen LogP contribution in [0.15, 0.2) is 41.8 Å². The Morgan fingerprint density at radius 2 is 2.34 bits per heavy atom. The van der Waals surface area contributed by atoms with Gasteiger partial charge in [-0.1, -0.05) is 6.58 Å². The number of likely N-dealkylation sites (tertiary alicyclic amines) is 1. The highest BCUT2D eigenvalue weighted by Gasteiger charge is 2.40. The van der Waals surface area contributed by atoms with Crippen molar-refractivity contribution < 1.29 is 14.2 Å². The number of halogens is 1. The molecule has 2 aliphatic rings. The lowest BCUT2D eigenvalue weighted by molar-refractivity contribution is 0.191. The number of aromatic nitrogens is 2. The van der Waals surface area contributed by atoms with Crippen LogP contribution in [-0.2, 0) is 0 Å². The lowest BCUT2D eigenvalue weighted by Gasteiger charge is -2.18. The van der Waals surface area contributed by atoms with Crippen molar-refractivity contribution in [3.05, 3.63) is 48.3 Å². The molecular weight excluding hydrogens is 373 g/mol. The molecular formula is C21H26FN5O2. The number of H-pyrrole nitrogens is 1. The highest BCUT2D eigenvalue weighted by molar-refractivity contribution is 6.15. The van der Waals surface area contributed by atoms with Crippen LogP contribution >= 0.6 is 0 Å². The number of allylic oxidation sites excluding steroid dienone is 1. The van der Waals surface area contributed by atoms with E-state index in [4.69, 9.17) is 10.5 Å². The molecule has 2 fully saturated rings. The van der Waals surface area contributed by atoms with Crippen molar-refractivity contribution in [3.8, 4) is 5.75 Å². The number of nitrogens with one attached hydrogen (secondary N) is 1. The fraction of sp³-hybridized carbons (Fsp3) is 0.429. The van der Waals surface area contributed by atoms with Crippen molar-refractivity contribution in [2.75, 3.05) is 19.7 Å². The Bertz CT molecular complexity index is 992. The summed E-state index contributed by atoms with van der Waals surface area (Å²) in [5.74, 6) is 0.548. The highest BCUT2D eigenvalue weighted by Crippen LogP contribution is 2.41. The van der Waals surface area contributed by atoms with Crippen LogP contribution in [0.25, 0.3) is 10.9 Å². The van der Waals surface area contributed by atoms with E-state index in [1.807, 2.05) is 11.8 Å². The zero-order valence-corrected chi connectivity index (χ0v) is 16.5. The summed E-state index contributed by atoms with van der Waals surface area (Å²) in [5, 5.41) is 17.2. The maximum Gasteiger partial charge on any atom is 0.167 e. The molecule has 1 aliphatic carbocycles. The normalized spacial score (nSPS) is 21.6. The van der Waals surface area contributed by atoms with E-state index < -0.39 is 5.82 Å². The molecule has 4 N–H and O–H groups in total. The van der Waals surface area contributed by atoms with Gasteiger partial charge in [-0.3, -0.25) is 10.1 Å². The molecule has 0 spiro atoms. The van der Waals surface area contributed by atoms with E-state index in [0.717, 1.165) is 25.8 Å². The average Bonchev–Trinajstić information content (AvgIpc) is 3.10. The standard InChI is InChI=1S/C21H26FN5O2/c1-3-24-17(10-19(23)27-7-4-13(11-27)12-28)20-14-8-18(29-21(2)5-6-21)15(22)9-16(14)25-26-20/h3,8-10,13,28H,1,4-7,11-12,23H2,2H3,(H,25,26)/b19-10+,24-17+/t13-/m0/s1. The molecule has 1 saturated carbocycles. The van der Waals surface area contributed by atoms with Crippen LogP contribution in [0, 0.1) is 11.7 Å². The summed E-state index contributed by atoms with van der Waals surface area (Å²) >= 11 is 0. The third-order valence-electron chi connectivity index (χ3n) is 5.59. The second-order valence-electron chi connectivity index (χ2n) is 8.00. The van der Waals surface area contributed by atoms with E-state index in [1.165, 1.54) is 12.3 Å². The van der Waals surface area contributed by atoms with Gasteiger partial charge < -0.3 is 20.5 Å². The largest absolute Gasteiger partial charge is 0.484 e. The SMILES string of the molecule is C=C/N=C(\C=C(/N)N1CC[C@H](CO)C1)c1n[nH]c2cc(F)c(OC3(C)CC3)cc12. The van der Waals surface area contributed by atoms with Crippen molar-refractivity contribution in [1.29, 1.82) is 0 Å². The number of aliphatic hydroxyl groups excluding tert-OH is 1. The lowest BCUT2D eigenvalue weighted by atomic mass is 10.1. The van der Waals surface area contributed by atoms with Crippen LogP contribution in [0.4, 0.5) is 4.39 Å². The highest BCUT2D eigenvalue weighted by atomic mass is 19.1. The molecule has 1 atom stereocenters. The van der Waals surface area contributed by atoms with Crippen molar-refractivity contribution >= 4 is 16.6 Å². The summed E-state index contributed by atoms with van der Waals surface area (Å²) in [5.41, 5.74) is 7.62. The van der Waals surface area contributed by atoms with Gasteiger partial charge in [-0.05, 0) is 32.3 Å². The number of aliphatic imine (C=N–C) groups is 1. The van der Waals surface area contributed by atoms with Crippen LogP contribution in [0.2, 0.25) is 0 Å². The number of hydrogen-bond donors (Lipinski definition) is 3. The number of benzene rings is 1. The van der Waals surface area contributed by atoms with E-state index in [2.05, 4.69) is 21.8 Å². The Hall–Kier alpha value is -2.87. The molecule has 154 valence electrons. The molecule has 1 aromatic carbocycles. The van der Waals surface area contributed by atoms with Crippen LogP contribution in [0.5, 0.6) is 5.75 Å². The Balaban J connectivity index is 1.68. The number of nitrogens with zero attached hydrogens (tertiary/aromatic N) is 3. The molecule has 0 bridgehead atoms. The lowest BCUT2D eigenvalue weighted by Crippen LogP contribution is -2.27. The Morgan fingerprint density at radius 3 is 3.00 bits per heavy atom. The van der Waals surface area contributed by atoms with Gasteiger partial charge in [-0.25, -0.2) is 4.39 Å². The van der Waals surface area contributed by atoms with E-state index >= 15 is 0 Å². The van der Waals surface area contributed by atoms with Gasteiger partial charge in [-0.15, -0.1) is 0 Å². The smallest absolute Gasteiger partial charge is 0.167 e. The van der Waals surface area contributed by atoms with Gasteiger partial charge in [0.2, 0.25) is 0 Å². The van der Waals surface area contributed by atoms with Crippen molar-refractivity contribution in [2.24, 2.45) is 16.6 Å². The van der Waals surface area contributed by atoms with E-state index in [-0.39, 0.29) is 23.9 Å². The minimum Gasteiger partial charge on any atom is -0.484 e. The number of ether oxygens (including phenoxy) is 1. The molecule has 2 heterocycles. The Morgan fingerprint density at radius 1 is 1.55 bits per heavy atom. The van der Waals surface area contributed by atoms with Crippen LogP contribution in [0.1, 0.15) is 31.9 Å². The number of aliphatic hydroxyl groups is 1. The molecule has 0 radical (unpaired) electrons. The molecule has 2 aromatic rings. The van der Waals surface area contributed by atoms with Crippen molar-refractivity contribution in [3.63, 3.8) is 0 Å². The van der Waals surface area contributed by atoms with Crippen LogP contribution in [-0.4, -0.2) is 51.2 Å². The second kappa shape index (κ2) is 7.51. The van der Waals surface area contributed by atoms with Gasteiger partial charge in [0.15, 0.2) is 11.6 Å². The Labute approximate surface area is 168 Å². The number of fused-ring (bicyclic) bond motifs is 1. The first-order valence-corrected chi connectivity index (χ1v) is 9.81. The van der Waals surface area contributed by atoms with Crippen LogP contribution < -0.4 is 10.5 Å². The van der Waals surface area contributed by atoms with E-state index in [9.17, 15) is 9.50 Å². The number of rotatable bonds is 7. The van der Waals surface area contributed by atoms with E-state index in [1.54, 1.807) is 12.1 Å². The predicted molar refractivity (Wildman–Crippen MR) is 110 cm³/mol. The van der Waals surface area contributed by atoms with Gasteiger partial charge in [-0.2, -0.15) is 5.10 Å². The number of hydrogen-bond acceptors (Lipinski definition) is 6. The molecule has 7 nitrogen and oxygen atoms in total. The zero-order chi connectivity index (χ0) is 20.6. The molecule has 29 heavy (non-hydrogen) atoms. The van der Waals surface area contributed by atoms with E-state index in [0.29, 0.717) is 34.7 Å². The summed E-state index contributed by atoms with van der Waals surface area (Å²) < 4.78 is 20.3. The summed E-state index contributed by atoms with van der Waals surface area (Å²) in [6.07, 6.45) is 5.88. The summed E-state index contributed by atoms with van der Waals surface area (Å²) in [6, 6.07) is 3.05. The molecule has 0 amide bonds. The fourth-order valence-electron chi connectivity index (χ4n) is 3.55. The van der Waals surface area contributed by atoms with Crippen molar-refractivity contribution in [2.45, 2.75) is 31.8 Å². The molecule has 4 rings (SSSR count). The summed E-state index contributed by atoms with van der Waals surface area (Å²) in [7, 11) is 0. The van der Waals surface area contributed by atoms with Gasteiger partial charge in [0, 0.05) is 49.3 Å². The zero-order valence-electron chi connectivity index (χ0n) is 16.5. The minimum atomic E-state index is -0.426. The molecule has 8 heteroatoms. The third-order valence-corrected chi connectivity index (χ3v) is 5.59. The maximum atomic E-state index is 14.4. The summed E-state index contributed by atoms with van der Waals surface area (Å²) in [4.78, 5) is 6.35. The fourth-order valence-corrected chi connectivity index (χ4v) is 3.55. The first-order chi connectivity index (χ1) is 13.9. The van der Waals surface area contributed by atoms with Crippen LogP contribution in [0.3, 0.4) is 0 Å². The summed E-state index contributed by atoms with van der Waals surface area (Å²) in [6.45, 7) is 7.27. The second-order valence-corrected chi connectivity index (χ2v) is 8.00. The first-order valence-electron chi connectivity index (χ1n) is 9.81. The molecule has 1 aliphatic heterocycles. The average molecular weight is 399 g/mol. The van der Waals surface area contributed by atoms with Gasteiger partial charge in [0.05, 0.1) is 11.2 Å². The van der Waals surface area contributed by atoms with Crippen molar-refractivity contribution in [1.82, 2.24) is 15.1 Å². The number of aromatic amines is 1. The minimum absolute atomic E-state index is 0.147. The third kappa shape index (κ3) is 3.98. The van der Waals surface area contributed by atoms with Gasteiger partial charge >= 0.3 is 0 Å². The quantitative estimate of drug-likeness (QED) is 0.622. The van der Waals surface area contributed by atoms with Gasteiger partial charge in [0.1, 0.15) is 17.1 Å². The molecule has 1 aromatic heterocycles. The number of nitrogens with two attached hydrogens (primary N) is 1. The maximum absolute atomic E-state index is 14.4. The monoisotopic (exact) mass is 399 g/mol. The first kappa shape index (κ1) is 19.4.